The summed E-state index contributed by atoms with van der Waals surface area (Å²) in [7, 11) is 1.61. The van der Waals surface area contributed by atoms with Gasteiger partial charge in [0.05, 0.1) is 29.1 Å². The van der Waals surface area contributed by atoms with E-state index in [1.54, 1.807) is 11.6 Å². The number of hydrogen-bond acceptors (Lipinski definition) is 4. The summed E-state index contributed by atoms with van der Waals surface area (Å²) < 4.78 is 20.1. The number of benzene rings is 2. The molecule has 1 amide bonds. The van der Waals surface area contributed by atoms with E-state index in [0.29, 0.717) is 29.2 Å². The minimum atomic E-state index is -0.363. The topological polar surface area (TPSA) is 68.5 Å². The molecular weight excluding hydrogens is 371 g/mol. The summed E-state index contributed by atoms with van der Waals surface area (Å²) >= 11 is 0. The average Bonchev–Trinajstić information content (AvgIpc) is 3.10. The maximum Gasteiger partial charge on any atom is 0.259 e. The fourth-order valence-corrected chi connectivity index (χ4v) is 3.23. The average molecular weight is 390 g/mol. The Morgan fingerprint density at radius 3 is 2.55 bits per heavy atom. The zero-order valence-corrected chi connectivity index (χ0v) is 16.0. The fraction of sp³-hybridized carbons (Fsp3) is 0.136. The second-order valence-electron chi connectivity index (χ2n) is 6.57. The van der Waals surface area contributed by atoms with Crippen molar-refractivity contribution in [3.63, 3.8) is 0 Å². The molecular formula is C22H19FN4O2. The van der Waals surface area contributed by atoms with Crippen molar-refractivity contribution in [3.8, 4) is 11.1 Å². The van der Waals surface area contributed by atoms with Crippen molar-refractivity contribution in [1.29, 1.82) is 0 Å². The van der Waals surface area contributed by atoms with E-state index >= 15 is 0 Å². The van der Waals surface area contributed by atoms with Crippen LogP contribution in [0.3, 0.4) is 0 Å². The van der Waals surface area contributed by atoms with Crippen LogP contribution in [0.4, 0.5) is 10.1 Å². The van der Waals surface area contributed by atoms with Gasteiger partial charge in [-0.2, -0.15) is 5.10 Å². The number of carbonyl (C=O) groups is 1. The summed E-state index contributed by atoms with van der Waals surface area (Å²) in [5, 5.41) is 7.40. The normalized spacial score (nSPS) is 11.0. The summed E-state index contributed by atoms with van der Waals surface area (Å²) in [4.78, 5) is 17.3. The van der Waals surface area contributed by atoms with E-state index in [1.807, 2.05) is 37.3 Å². The Bertz CT molecular complexity index is 1170. The third-order valence-corrected chi connectivity index (χ3v) is 4.65. The molecule has 2 aromatic heterocycles. The third-order valence-electron chi connectivity index (χ3n) is 4.65. The van der Waals surface area contributed by atoms with Gasteiger partial charge in [-0.15, -0.1) is 0 Å². The molecule has 6 nitrogen and oxygen atoms in total. The molecule has 29 heavy (non-hydrogen) atoms. The molecule has 0 aliphatic heterocycles. The van der Waals surface area contributed by atoms with Gasteiger partial charge in [0.15, 0.2) is 5.65 Å². The van der Waals surface area contributed by atoms with Crippen molar-refractivity contribution in [2.75, 3.05) is 12.4 Å². The number of carbonyl (C=O) groups excluding carboxylic acids is 1. The molecule has 0 unspecified atom stereocenters. The predicted molar refractivity (Wildman–Crippen MR) is 108 cm³/mol. The largest absolute Gasteiger partial charge is 0.378 e. The Morgan fingerprint density at radius 2 is 1.86 bits per heavy atom. The van der Waals surface area contributed by atoms with E-state index < -0.39 is 0 Å². The number of amides is 1. The van der Waals surface area contributed by atoms with E-state index in [2.05, 4.69) is 15.4 Å². The van der Waals surface area contributed by atoms with Crippen LogP contribution in [0.25, 0.3) is 16.8 Å². The number of methoxy groups -OCH3 is 1. The van der Waals surface area contributed by atoms with Crippen molar-refractivity contribution in [2.45, 2.75) is 13.5 Å². The number of aromatic nitrogens is 3. The van der Waals surface area contributed by atoms with Gasteiger partial charge in [0.2, 0.25) is 0 Å². The first kappa shape index (κ1) is 18.8. The number of halogens is 1. The summed E-state index contributed by atoms with van der Waals surface area (Å²) in [5.41, 5.74) is 4.78. The lowest BCUT2D eigenvalue weighted by Gasteiger charge is -2.09. The molecule has 4 rings (SSSR count). The molecule has 0 bridgehead atoms. The molecule has 4 aromatic rings. The van der Waals surface area contributed by atoms with Crippen LogP contribution < -0.4 is 5.32 Å². The molecule has 0 saturated carbocycles. The molecule has 1 N–H and O–H groups in total. The number of anilines is 1. The first-order valence-corrected chi connectivity index (χ1v) is 9.07. The first-order valence-electron chi connectivity index (χ1n) is 9.07. The molecule has 2 heterocycles. The van der Waals surface area contributed by atoms with Crippen LogP contribution in [-0.2, 0) is 11.3 Å². The lowest BCUT2D eigenvalue weighted by molar-refractivity contribution is 0.102. The van der Waals surface area contributed by atoms with E-state index in [1.165, 1.54) is 30.5 Å². The van der Waals surface area contributed by atoms with Gasteiger partial charge in [0, 0.05) is 19.0 Å². The summed E-state index contributed by atoms with van der Waals surface area (Å²) in [6.45, 7) is 2.14. The maximum absolute atomic E-state index is 13.1. The fourth-order valence-electron chi connectivity index (χ4n) is 3.23. The highest BCUT2D eigenvalue weighted by Crippen LogP contribution is 2.29. The standard InChI is InChI=1S/C22H19FN4O2/c1-14-18(22(28)25-17-10-8-16(23)9-11-17)12-24-21-20(15-6-4-3-5-7-15)19(13-29-2)26-27(14)21/h3-12H,13H2,1-2H3,(H,25,28). The van der Waals surface area contributed by atoms with Crippen LogP contribution in [0.15, 0.2) is 60.8 Å². The molecule has 0 radical (unpaired) electrons. The summed E-state index contributed by atoms with van der Waals surface area (Å²) in [5.74, 6) is -0.702. The van der Waals surface area contributed by atoms with Crippen molar-refractivity contribution in [3.05, 3.63) is 83.6 Å². The molecule has 146 valence electrons. The number of rotatable bonds is 5. The molecule has 2 aromatic carbocycles. The highest BCUT2D eigenvalue weighted by Gasteiger charge is 2.20. The minimum absolute atomic E-state index is 0.324. The zero-order chi connectivity index (χ0) is 20.4. The molecule has 0 aliphatic rings. The second-order valence-corrected chi connectivity index (χ2v) is 6.57. The molecule has 7 heteroatoms. The van der Waals surface area contributed by atoms with Gasteiger partial charge in [-0.3, -0.25) is 4.79 Å². The van der Waals surface area contributed by atoms with Crippen molar-refractivity contribution in [1.82, 2.24) is 14.6 Å². The van der Waals surface area contributed by atoms with Crippen LogP contribution in [0.5, 0.6) is 0 Å². The van der Waals surface area contributed by atoms with E-state index in [-0.39, 0.29) is 11.7 Å². The highest BCUT2D eigenvalue weighted by molar-refractivity contribution is 6.05. The van der Waals surface area contributed by atoms with Crippen LogP contribution >= 0.6 is 0 Å². The molecule has 0 atom stereocenters. The Labute approximate surface area is 167 Å². The van der Waals surface area contributed by atoms with Gasteiger partial charge in [-0.25, -0.2) is 13.9 Å². The smallest absolute Gasteiger partial charge is 0.259 e. The molecule has 0 spiro atoms. The Morgan fingerprint density at radius 1 is 1.14 bits per heavy atom. The van der Waals surface area contributed by atoms with Gasteiger partial charge in [0.1, 0.15) is 5.82 Å². The molecule has 0 aliphatic carbocycles. The maximum atomic E-state index is 13.1. The number of nitrogens with one attached hydrogen (secondary N) is 1. The summed E-state index contributed by atoms with van der Waals surface area (Å²) in [6.07, 6.45) is 1.54. The van der Waals surface area contributed by atoms with Crippen molar-refractivity contribution >= 4 is 17.2 Å². The quantitative estimate of drug-likeness (QED) is 0.553. The number of nitrogens with zero attached hydrogens (tertiary/aromatic N) is 3. The summed E-state index contributed by atoms with van der Waals surface area (Å²) in [6, 6.07) is 15.4. The Balaban J connectivity index is 1.77. The van der Waals surface area contributed by atoms with E-state index in [4.69, 9.17) is 4.74 Å². The second kappa shape index (κ2) is 7.81. The predicted octanol–water partition coefficient (Wildman–Crippen LogP) is 4.24. The number of hydrogen-bond donors (Lipinski definition) is 1. The number of ether oxygens (including phenoxy) is 1. The van der Waals surface area contributed by atoms with E-state index in [0.717, 1.165) is 16.8 Å². The Kier molecular flexibility index (Phi) is 5.05. The van der Waals surface area contributed by atoms with Crippen LogP contribution in [0, 0.1) is 12.7 Å². The molecule has 0 fully saturated rings. The third kappa shape index (κ3) is 3.60. The monoisotopic (exact) mass is 390 g/mol. The first-order chi connectivity index (χ1) is 14.1. The Hall–Kier alpha value is -3.58. The van der Waals surface area contributed by atoms with Gasteiger partial charge in [-0.05, 0) is 36.8 Å². The number of fused-ring (bicyclic) bond motifs is 1. The SMILES string of the molecule is COCc1nn2c(C)c(C(=O)Nc3ccc(F)cc3)cnc2c1-c1ccccc1. The number of aryl methyl sites for hydroxylation is 1. The van der Waals surface area contributed by atoms with Crippen LogP contribution in [-0.4, -0.2) is 27.6 Å². The van der Waals surface area contributed by atoms with Crippen molar-refractivity contribution < 1.29 is 13.9 Å². The van der Waals surface area contributed by atoms with Crippen LogP contribution in [0.1, 0.15) is 21.7 Å². The lowest BCUT2D eigenvalue weighted by Crippen LogP contribution is -2.16. The van der Waals surface area contributed by atoms with Crippen LogP contribution in [0.2, 0.25) is 0 Å². The van der Waals surface area contributed by atoms with Crippen molar-refractivity contribution in [2.24, 2.45) is 0 Å². The van der Waals surface area contributed by atoms with Gasteiger partial charge >= 0.3 is 0 Å². The van der Waals surface area contributed by atoms with Gasteiger partial charge in [0.25, 0.3) is 5.91 Å². The van der Waals surface area contributed by atoms with Gasteiger partial charge < -0.3 is 10.1 Å². The van der Waals surface area contributed by atoms with Gasteiger partial charge in [-0.1, -0.05) is 30.3 Å². The molecule has 0 saturated heterocycles. The lowest BCUT2D eigenvalue weighted by atomic mass is 10.1. The highest BCUT2D eigenvalue weighted by atomic mass is 19.1. The minimum Gasteiger partial charge on any atom is -0.378 e. The van der Waals surface area contributed by atoms with E-state index in [9.17, 15) is 9.18 Å². The zero-order valence-electron chi connectivity index (χ0n) is 16.0.